The van der Waals surface area contributed by atoms with Gasteiger partial charge in [0.2, 0.25) is 0 Å². The molecule has 2 heterocycles. The molecule has 2 rings (SSSR count). The number of hydrogen-bond donors (Lipinski definition) is 1. The van der Waals surface area contributed by atoms with Gasteiger partial charge >= 0.3 is 0 Å². The maximum Gasteiger partial charge on any atom is 0.0652 e. The van der Waals surface area contributed by atoms with Crippen molar-refractivity contribution in [3.8, 4) is 0 Å². The average Bonchev–Trinajstić information content (AvgIpc) is 2.04. The van der Waals surface area contributed by atoms with E-state index < -0.39 is 0 Å². The summed E-state index contributed by atoms with van der Waals surface area (Å²) in [7, 11) is 0. The van der Waals surface area contributed by atoms with Crippen molar-refractivity contribution in [2.75, 3.05) is 6.54 Å². The molecule has 0 saturated carbocycles. The van der Waals surface area contributed by atoms with Crippen LogP contribution in [0.25, 0.3) is 0 Å². The van der Waals surface area contributed by atoms with E-state index in [1.54, 1.807) is 0 Å². The first-order valence-corrected chi connectivity index (χ1v) is 4.63. The van der Waals surface area contributed by atoms with Gasteiger partial charge in [0, 0.05) is 11.8 Å². The van der Waals surface area contributed by atoms with Crippen LogP contribution in [0.2, 0.25) is 0 Å². The Morgan fingerprint density at radius 1 is 1.45 bits per heavy atom. The van der Waals surface area contributed by atoms with Crippen molar-refractivity contribution in [3.05, 3.63) is 0 Å². The largest absolute Gasteiger partial charge is 0.312 e. The van der Waals surface area contributed by atoms with Crippen LogP contribution >= 0.6 is 0 Å². The van der Waals surface area contributed by atoms with Gasteiger partial charge in [0.05, 0.1) is 6.04 Å². The molecule has 2 atom stereocenters. The minimum Gasteiger partial charge on any atom is -0.312 e. The summed E-state index contributed by atoms with van der Waals surface area (Å²) in [5.74, 6) is 0. The SMILES string of the molecule is CC1=NC2CCCNC2CC1. The minimum absolute atomic E-state index is 0.609. The van der Waals surface area contributed by atoms with Crippen LogP contribution in [0.4, 0.5) is 0 Å². The maximum atomic E-state index is 4.66. The predicted octanol–water partition coefficient (Wildman–Crippen LogP) is 1.36. The number of piperidine rings is 1. The Morgan fingerprint density at radius 2 is 2.36 bits per heavy atom. The van der Waals surface area contributed by atoms with Crippen LogP contribution in [0, 0.1) is 0 Å². The molecule has 2 aliphatic heterocycles. The molecule has 2 nitrogen and oxygen atoms in total. The number of fused-ring (bicyclic) bond motifs is 1. The molecular weight excluding hydrogens is 136 g/mol. The lowest BCUT2D eigenvalue weighted by Gasteiger charge is -2.33. The molecule has 0 spiro atoms. The second-order valence-corrected chi connectivity index (χ2v) is 3.67. The Balaban J connectivity index is 2.07. The van der Waals surface area contributed by atoms with Gasteiger partial charge in [-0.2, -0.15) is 0 Å². The summed E-state index contributed by atoms with van der Waals surface area (Å²) < 4.78 is 0. The Labute approximate surface area is 68.1 Å². The van der Waals surface area contributed by atoms with Gasteiger partial charge < -0.3 is 5.32 Å². The fraction of sp³-hybridized carbons (Fsp3) is 0.889. The fourth-order valence-corrected chi connectivity index (χ4v) is 2.10. The molecule has 0 bridgehead atoms. The predicted molar refractivity (Wildman–Crippen MR) is 47.2 cm³/mol. The van der Waals surface area contributed by atoms with Crippen molar-refractivity contribution >= 4 is 5.71 Å². The van der Waals surface area contributed by atoms with Gasteiger partial charge in [-0.25, -0.2) is 0 Å². The number of nitrogens with zero attached hydrogens (tertiary/aromatic N) is 1. The van der Waals surface area contributed by atoms with Gasteiger partial charge in [-0.05, 0) is 39.2 Å². The van der Waals surface area contributed by atoms with Crippen molar-refractivity contribution in [2.24, 2.45) is 4.99 Å². The van der Waals surface area contributed by atoms with E-state index in [1.807, 2.05) is 0 Å². The van der Waals surface area contributed by atoms with E-state index in [0.717, 1.165) is 0 Å². The third-order valence-electron chi connectivity index (χ3n) is 2.75. The van der Waals surface area contributed by atoms with E-state index in [9.17, 15) is 0 Å². The highest BCUT2D eigenvalue weighted by molar-refractivity contribution is 5.82. The second kappa shape index (κ2) is 2.94. The van der Waals surface area contributed by atoms with Crippen LogP contribution in [-0.2, 0) is 0 Å². The van der Waals surface area contributed by atoms with Gasteiger partial charge in [0.15, 0.2) is 0 Å². The maximum absolute atomic E-state index is 4.66. The second-order valence-electron chi connectivity index (χ2n) is 3.67. The van der Waals surface area contributed by atoms with Crippen molar-refractivity contribution in [3.63, 3.8) is 0 Å². The van der Waals surface area contributed by atoms with Gasteiger partial charge in [-0.3, -0.25) is 4.99 Å². The molecule has 2 aliphatic rings. The van der Waals surface area contributed by atoms with Gasteiger partial charge in [-0.15, -0.1) is 0 Å². The van der Waals surface area contributed by atoms with E-state index in [-0.39, 0.29) is 0 Å². The van der Waals surface area contributed by atoms with Gasteiger partial charge in [-0.1, -0.05) is 0 Å². The highest BCUT2D eigenvalue weighted by Crippen LogP contribution is 2.21. The lowest BCUT2D eigenvalue weighted by atomic mass is 9.91. The highest BCUT2D eigenvalue weighted by atomic mass is 15.0. The molecule has 0 radical (unpaired) electrons. The Kier molecular flexibility index (Phi) is 1.95. The van der Waals surface area contributed by atoms with E-state index >= 15 is 0 Å². The standard InChI is InChI=1S/C9H16N2/c1-7-4-5-8-9(11-7)3-2-6-10-8/h8-10H,2-6H2,1H3. The lowest BCUT2D eigenvalue weighted by molar-refractivity contribution is 0.329. The van der Waals surface area contributed by atoms with Crippen LogP contribution in [-0.4, -0.2) is 24.3 Å². The van der Waals surface area contributed by atoms with Crippen LogP contribution in [0.1, 0.15) is 32.6 Å². The smallest absolute Gasteiger partial charge is 0.0652 e. The summed E-state index contributed by atoms with van der Waals surface area (Å²) >= 11 is 0. The molecule has 0 aliphatic carbocycles. The number of aliphatic imine (C=N–C) groups is 1. The van der Waals surface area contributed by atoms with Crippen LogP contribution in [0.3, 0.4) is 0 Å². The molecule has 11 heavy (non-hydrogen) atoms. The fourth-order valence-electron chi connectivity index (χ4n) is 2.10. The molecule has 1 saturated heterocycles. The number of nitrogens with one attached hydrogen (secondary N) is 1. The summed E-state index contributed by atoms with van der Waals surface area (Å²) in [5.41, 5.74) is 1.36. The molecule has 2 heteroatoms. The Bertz CT molecular complexity index is 174. The van der Waals surface area contributed by atoms with Gasteiger partial charge in [0.25, 0.3) is 0 Å². The minimum atomic E-state index is 0.609. The molecule has 0 aromatic heterocycles. The Morgan fingerprint density at radius 3 is 3.27 bits per heavy atom. The normalized spacial score (nSPS) is 37.7. The van der Waals surface area contributed by atoms with E-state index in [1.165, 1.54) is 37.9 Å². The van der Waals surface area contributed by atoms with Crippen LogP contribution in [0.5, 0.6) is 0 Å². The van der Waals surface area contributed by atoms with Crippen molar-refractivity contribution < 1.29 is 0 Å². The van der Waals surface area contributed by atoms with Crippen molar-refractivity contribution in [1.82, 2.24) is 5.32 Å². The topological polar surface area (TPSA) is 24.4 Å². The van der Waals surface area contributed by atoms with Crippen molar-refractivity contribution in [2.45, 2.75) is 44.7 Å². The molecule has 1 N–H and O–H groups in total. The van der Waals surface area contributed by atoms with Crippen LogP contribution < -0.4 is 5.32 Å². The van der Waals surface area contributed by atoms with E-state index in [4.69, 9.17) is 0 Å². The van der Waals surface area contributed by atoms with Crippen LogP contribution in [0.15, 0.2) is 4.99 Å². The zero-order chi connectivity index (χ0) is 7.68. The molecule has 62 valence electrons. The number of rotatable bonds is 0. The molecule has 0 aromatic carbocycles. The third-order valence-corrected chi connectivity index (χ3v) is 2.75. The quantitative estimate of drug-likeness (QED) is 0.557. The summed E-state index contributed by atoms with van der Waals surface area (Å²) in [4.78, 5) is 4.66. The monoisotopic (exact) mass is 152 g/mol. The average molecular weight is 152 g/mol. The lowest BCUT2D eigenvalue weighted by Crippen LogP contribution is -2.46. The molecule has 2 unspecified atom stereocenters. The summed E-state index contributed by atoms with van der Waals surface area (Å²) in [6, 6.07) is 1.31. The first-order valence-electron chi connectivity index (χ1n) is 4.63. The van der Waals surface area contributed by atoms with E-state index in [2.05, 4.69) is 17.2 Å². The zero-order valence-corrected chi connectivity index (χ0v) is 7.14. The first-order chi connectivity index (χ1) is 5.36. The molecule has 0 aromatic rings. The molecular formula is C9H16N2. The molecule has 1 fully saturated rings. The summed E-state index contributed by atoms with van der Waals surface area (Å²) in [6.45, 7) is 3.36. The summed E-state index contributed by atoms with van der Waals surface area (Å²) in [5, 5.41) is 3.53. The molecule has 0 amide bonds. The highest BCUT2D eigenvalue weighted by Gasteiger charge is 2.26. The zero-order valence-electron chi connectivity index (χ0n) is 7.14. The van der Waals surface area contributed by atoms with E-state index in [0.29, 0.717) is 12.1 Å². The summed E-state index contributed by atoms with van der Waals surface area (Å²) in [6.07, 6.45) is 5.11. The van der Waals surface area contributed by atoms with Gasteiger partial charge in [0.1, 0.15) is 0 Å². The Hall–Kier alpha value is -0.370. The first kappa shape index (κ1) is 7.29. The van der Waals surface area contributed by atoms with Crippen molar-refractivity contribution in [1.29, 1.82) is 0 Å². The third kappa shape index (κ3) is 1.45. The number of hydrogen-bond acceptors (Lipinski definition) is 2.